The summed E-state index contributed by atoms with van der Waals surface area (Å²) < 4.78 is 0. The second-order valence-electron chi connectivity index (χ2n) is 5.50. The number of hydrogen-bond donors (Lipinski definition) is 0. The number of rotatable bonds is 2. The van der Waals surface area contributed by atoms with Crippen LogP contribution in [-0.2, 0) is 12.8 Å². The first-order chi connectivity index (χ1) is 9.16. The van der Waals surface area contributed by atoms with Gasteiger partial charge in [-0.25, -0.2) is 0 Å². The van der Waals surface area contributed by atoms with Crippen LogP contribution in [0.15, 0.2) is 42.5 Å². The Kier molecular flexibility index (Phi) is 2.98. The molecule has 0 spiro atoms. The minimum atomic E-state index is 0.122. The van der Waals surface area contributed by atoms with Crippen molar-refractivity contribution in [3.05, 3.63) is 70.3 Å². The number of carbonyl (C=O) groups is 1. The molecular weight excluding hydrogens is 232 g/mol. The highest BCUT2D eigenvalue weighted by molar-refractivity contribution is 6.01. The van der Waals surface area contributed by atoms with Gasteiger partial charge in [-0.2, -0.15) is 0 Å². The number of carbonyl (C=O) groups excluding carboxylic acids is 1. The van der Waals surface area contributed by atoms with Gasteiger partial charge in [0.2, 0.25) is 0 Å². The summed E-state index contributed by atoms with van der Waals surface area (Å²) in [6.45, 7) is 4.06. The lowest BCUT2D eigenvalue weighted by Gasteiger charge is -2.13. The summed E-state index contributed by atoms with van der Waals surface area (Å²) in [7, 11) is 0. The zero-order valence-corrected chi connectivity index (χ0v) is 11.4. The average molecular weight is 250 g/mol. The van der Waals surface area contributed by atoms with E-state index in [-0.39, 0.29) is 5.92 Å². The fourth-order valence-electron chi connectivity index (χ4n) is 3.15. The van der Waals surface area contributed by atoms with Crippen LogP contribution in [0.2, 0.25) is 0 Å². The molecule has 2 aromatic carbocycles. The molecule has 3 rings (SSSR count). The summed E-state index contributed by atoms with van der Waals surface area (Å²) in [5.74, 6) is 0.434. The van der Waals surface area contributed by atoms with Crippen LogP contribution in [0.1, 0.15) is 32.6 Å². The van der Waals surface area contributed by atoms with Gasteiger partial charge in [-0.05, 0) is 48.9 Å². The molecule has 0 atom stereocenters. The lowest BCUT2D eigenvalue weighted by atomic mass is 9.89. The lowest BCUT2D eigenvalue weighted by Crippen LogP contribution is -2.17. The summed E-state index contributed by atoms with van der Waals surface area (Å²) in [6, 6.07) is 14.5. The summed E-state index contributed by atoms with van der Waals surface area (Å²) in [5.41, 5.74) is 5.81. The predicted molar refractivity (Wildman–Crippen MR) is 77.6 cm³/mol. The molecule has 0 fully saturated rings. The maximum absolute atomic E-state index is 12.8. The van der Waals surface area contributed by atoms with Crippen LogP contribution in [0, 0.1) is 19.8 Å². The highest BCUT2D eigenvalue weighted by Gasteiger charge is 2.29. The standard InChI is InChI=1S/C18H18O/c1-12-6-5-7-13(2)17(12)18(19)16-10-14-8-3-4-9-15(14)11-16/h3-9,16H,10-11H2,1-2H3. The first-order valence-corrected chi connectivity index (χ1v) is 6.84. The SMILES string of the molecule is Cc1cccc(C)c1C(=O)C1Cc2ccccc2C1. The second-order valence-corrected chi connectivity index (χ2v) is 5.50. The van der Waals surface area contributed by atoms with E-state index >= 15 is 0 Å². The Bertz CT molecular complexity index is 595. The fraction of sp³-hybridized carbons (Fsp3) is 0.278. The first kappa shape index (κ1) is 12.2. The van der Waals surface area contributed by atoms with Crippen LogP contribution in [0.3, 0.4) is 0 Å². The quantitative estimate of drug-likeness (QED) is 0.739. The molecule has 0 N–H and O–H groups in total. The van der Waals surface area contributed by atoms with Crippen LogP contribution >= 0.6 is 0 Å². The number of ketones is 1. The molecule has 0 saturated carbocycles. The van der Waals surface area contributed by atoms with E-state index in [0.717, 1.165) is 29.5 Å². The Hall–Kier alpha value is -1.89. The van der Waals surface area contributed by atoms with E-state index in [0.29, 0.717) is 5.78 Å². The van der Waals surface area contributed by atoms with Crippen LogP contribution < -0.4 is 0 Å². The van der Waals surface area contributed by atoms with Crippen molar-refractivity contribution >= 4 is 5.78 Å². The molecule has 1 aliphatic rings. The Morgan fingerprint density at radius 3 is 1.95 bits per heavy atom. The number of Topliss-reactive ketones (excluding diaryl/α,β-unsaturated/α-hetero) is 1. The predicted octanol–water partition coefficient (Wildman–Crippen LogP) is 3.90. The van der Waals surface area contributed by atoms with Gasteiger partial charge < -0.3 is 0 Å². The highest BCUT2D eigenvalue weighted by Crippen LogP contribution is 2.30. The average Bonchev–Trinajstić information content (AvgIpc) is 2.82. The zero-order valence-electron chi connectivity index (χ0n) is 11.4. The number of benzene rings is 2. The maximum Gasteiger partial charge on any atom is 0.167 e. The van der Waals surface area contributed by atoms with E-state index in [2.05, 4.69) is 24.3 Å². The first-order valence-electron chi connectivity index (χ1n) is 6.84. The third-order valence-electron chi connectivity index (χ3n) is 4.15. The Morgan fingerprint density at radius 2 is 1.42 bits per heavy atom. The highest BCUT2D eigenvalue weighted by atomic mass is 16.1. The van der Waals surface area contributed by atoms with Crippen LogP contribution in [0.5, 0.6) is 0 Å². The molecule has 0 heterocycles. The third kappa shape index (κ3) is 2.10. The smallest absolute Gasteiger partial charge is 0.167 e. The normalized spacial score (nSPS) is 14.4. The molecule has 0 aromatic heterocycles. The number of aryl methyl sites for hydroxylation is 2. The van der Waals surface area contributed by atoms with Crippen molar-refractivity contribution < 1.29 is 4.79 Å². The molecule has 2 aromatic rings. The van der Waals surface area contributed by atoms with Gasteiger partial charge in [0, 0.05) is 11.5 Å². The van der Waals surface area contributed by atoms with Gasteiger partial charge in [0.25, 0.3) is 0 Å². The third-order valence-corrected chi connectivity index (χ3v) is 4.15. The van der Waals surface area contributed by atoms with E-state index in [1.165, 1.54) is 11.1 Å². The van der Waals surface area contributed by atoms with Crippen LogP contribution in [0.4, 0.5) is 0 Å². The number of hydrogen-bond acceptors (Lipinski definition) is 1. The van der Waals surface area contributed by atoms with E-state index in [1.807, 2.05) is 32.0 Å². The summed E-state index contributed by atoms with van der Waals surface area (Å²) in [5, 5.41) is 0. The summed E-state index contributed by atoms with van der Waals surface area (Å²) in [6.07, 6.45) is 1.78. The zero-order chi connectivity index (χ0) is 13.4. The Labute approximate surface area is 114 Å². The molecule has 0 amide bonds. The minimum Gasteiger partial charge on any atom is -0.294 e. The van der Waals surface area contributed by atoms with E-state index < -0.39 is 0 Å². The molecule has 0 unspecified atom stereocenters. The lowest BCUT2D eigenvalue weighted by molar-refractivity contribution is 0.0923. The molecular formula is C18H18O. The van der Waals surface area contributed by atoms with Gasteiger partial charge in [0.1, 0.15) is 0 Å². The van der Waals surface area contributed by atoms with Crippen molar-refractivity contribution in [2.75, 3.05) is 0 Å². The number of fused-ring (bicyclic) bond motifs is 1. The molecule has 0 aliphatic heterocycles. The van der Waals surface area contributed by atoms with Crippen molar-refractivity contribution in [3.8, 4) is 0 Å². The minimum absolute atomic E-state index is 0.122. The van der Waals surface area contributed by atoms with Crippen LogP contribution in [-0.4, -0.2) is 5.78 Å². The van der Waals surface area contributed by atoms with Crippen LogP contribution in [0.25, 0.3) is 0 Å². The monoisotopic (exact) mass is 250 g/mol. The van der Waals surface area contributed by atoms with Gasteiger partial charge >= 0.3 is 0 Å². The van der Waals surface area contributed by atoms with Gasteiger partial charge in [-0.1, -0.05) is 42.5 Å². The van der Waals surface area contributed by atoms with Crippen molar-refractivity contribution in [1.82, 2.24) is 0 Å². The molecule has 1 aliphatic carbocycles. The van der Waals surface area contributed by atoms with Crippen molar-refractivity contribution in [3.63, 3.8) is 0 Å². The van der Waals surface area contributed by atoms with E-state index in [4.69, 9.17) is 0 Å². The van der Waals surface area contributed by atoms with Gasteiger partial charge in [0.05, 0.1) is 0 Å². The second kappa shape index (κ2) is 4.65. The molecule has 0 bridgehead atoms. The molecule has 96 valence electrons. The van der Waals surface area contributed by atoms with Gasteiger partial charge in [0.15, 0.2) is 5.78 Å². The van der Waals surface area contributed by atoms with Crippen molar-refractivity contribution in [2.24, 2.45) is 5.92 Å². The Morgan fingerprint density at radius 1 is 0.895 bits per heavy atom. The molecule has 19 heavy (non-hydrogen) atoms. The fourth-order valence-corrected chi connectivity index (χ4v) is 3.15. The molecule has 1 heteroatoms. The summed E-state index contributed by atoms with van der Waals surface area (Å²) in [4.78, 5) is 12.8. The molecule has 0 radical (unpaired) electrons. The molecule has 0 saturated heterocycles. The van der Waals surface area contributed by atoms with Crippen molar-refractivity contribution in [2.45, 2.75) is 26.7 Å². The van der Waals surface area contributed by atoms with Crippen molar-refractivity contribution in [1.29, 1.82) is 0 Å². The van der Waals surface area contributed by atoms with E-state index in [9.17, 15) is 4.79 Å². The molecule has 1 nitrogen and oxygen atoms in total. The van der Waals surface area contributed by atoms with Gasteiger partial charge in [-0.15, -0.1) is 0 Å². The largest absolute Gasteiger partial charge is 0.294 e. The van der Waals surface area contributed by atoms with Gasteiger partial charge in [-0.3, -0.25) is 4.79 Å². The summed E-state index contributed by atoms with van der Waals surface area (Å²) >= 11 is 0. The topological polar surface area (TPSA) is 17.1 Å². The maximum atomic E-state index is 12.8. The Balaban J connectivity index is 1.92. The van der Waals surface area contributed by atoms with E-state index in [1.54, 1.807) is 0 Å².